The van der Waals surface area contributed by atoms with E-state index in [1.165, 1.54) is 6.92 Å². The third-order valence-corrected chi connectivity index (χ3v) is 2.13. The predicted molar refractivity (Wildman–Crippen MR) is 61.0 cm³/mol. The van der Waals surface area contributed by atoms with Crippen molar-refractivity contribution in [3.05, 3.63) is 35.9 Å². The topological polar surface area (TPSA) is 43.4 Å². The smallest absolute Gasteiger partial charge is 0.302 e. The van der Waals surface area contributed by atoms with Crippen molar-refractivity contribution in [3.8, 4) is 0 Å². The van der Waals surface area contributed by atoms with Crippen LogP contribution in [0.5, 0.6) is 0 Å². The van der Waals surface area contributed by atoms with Gasteiger partial charge in [0.25, 0.3) is 0 Å². The van der Waals surface area contributed by atoms with Crippen LogP contribution in [0.3, 0.4) is 0 Å². The SMILES string of the molecule is CC(=O)OC(C)CC(=O)Cc1ccccc1. The summed E-state index contributed by atoms with van der Waals surface area (Å²) in [5, 5.41) is 0. The highest BCUT2D eigenvalue weighted by Crippen LogP contribution is 2.05. The summed E-state index contributed by atoms with van der Waals surface area (Å²) in [6.07, 6.45) is 0.328. The Hall–Kier alpha value is -1.64. The summed E-state index contributed by atoms with van der Waals surface area (Å²) in [7, 11) is 0. The molecule has 16 heavy (non-hydrogen) atoms. The Balaban J connectivity index is 2.39. The minimum absolute atomic E-state index is 0.0833. The van der Waals surface area contributed by atoms with Crippen LogP contribution in [0.25, 0.3) is 0 Å². The van der Waals surface area contributed by atoms with E-state index in [1.807, 2.05) is 30.3 Å². The lowest BCUT2D eigenvalue weighted by Crippen LogP contribution is -2.17. The van der Waals surface area contributed by atoms with Crippen LogP contribution in [0, 0.1) is 0 Å². The highest BCUT2D eigenvalue weighted by atomic mass is 16.5. The first kappa shape index (κ1) is 12.4. The first-order chi connectivity index (χ1) is 7.58. The average molecular weight is 220 g/mol. The second-order valence-electron chi connectivity index (χ2n) is 3.83. The van der Waals surface area contributed by atoms with Crippen LogP contribution in [0.1, 0.15) is 25.8 Å². The summed E-state index contributed by atoms with van der Waals surface area (Å²) < 4.78 is 4.90. The minimum atomic E-state index is -0.347. The molecular weight excluding hydrogens is 204 g/mol. The van der Waals surface area contributed by atoms with Gasteiger partial charge in [0, 0.05) is 19.8 Å². The fourth-order valence-corrected chi connectivity index (χ4v) is 1.54. The van der Waals surface area contributed by atoms with E-state index in [1.54, 1.807) is 6.92 Å². The Morgan fingerprint density at radius 1 is 1.25 bits per heavy atom. The number of Topliss-reactive ketones (excluding diaryl/α,β-unsaturated/α-hetero) is 1. The normalized spacial score (nSPS) is 11.9. The molecule has 0 aliphatic carbocycles. The Bertz CT molecular complexity index is 357. The summed E-state index contributed by atoms with van der Waals surface area (Å²) in [6.45, 7) is 3.07. The fourth-order valence-electron chi connectivity index (χ4n) is 1.54. The molecule has 0 spiro atoms. The van der Waals surface area contributed by atoms with Gasteiger partial charge in [-0.3, -0.25) is 9.59 Å². The number of esters is 1. The molecule has 1 unspecified atom stereocenters. The highest BCUT2D eigenvalue weighted by Gasteiger charge is 2.11. The van der Waals surface area contributed by atoms with Crippen LogP contribution >= 0.6 is 0 Å². The molecule has 3 nitrogen and oxygen atoms in total. The van der Waals surface area contributed by atoms with Gasteiger partial charge in [-0.2, -0.15) is 0 Å². The molecule has 0 fully saturated rings. The van der Waals surface area contributed by atoms with Crippen molar-refractivity contribution < 1.29 is 14.3 Å². The molecule has 1 aromatic rings. The third-order valence-electron chi connectivity index (χ3n) is 2.13. The lowest BCUT2D eigenvalue weighted by molar-refractivity contribution is -0.146. The van der Waals surface area contributed by atoms with Crippen molar-refractivity contribution in [2.24, 2.45) is 0 Å². The van der Waals surface area contributed by atoms with E-state index < -0.39 is 0 Å². The van der Waals surface area contributed by atoms with Gasteiger partial charge in [0.15, 0.2) is 0 Å². The van der Waals surface area contributed by atoms with Crippen molar-refractivity contribution in [1.29, 1.82) is 0 Å². The van der Waals surface area contributed by atoms with E-state index in [0.29, 0.717) is 6.42 Å². The number of rotatable bonds is 5. The predicted octanol–water partition coefficient (Wildman–Crippen LogP) is 2.14. The fraction of sp³-hybridized carbons (Fsp3) is 0.385. The molecule has 0 heterocycles. The van der Waals surface area contributed by atoms with Crippen LogP contribution in [0.4, 0.5) is 0 Å². The number of hydrogen-bond acceptors (Lipinski definition) is 3. The van der Waals surface area contributed by atoms with Gasteiger partial charge < -0.3 is 4.74 Å². The molecule has 0 aliphatic heterocycles. The van der Waals surface area contributed by atoms with Gasteiger partial charge in [-0.15, -0.1) is 0 Å². The summed E-state index contributed by atoms with van der Waals surface area (Å²) in [6, 6.07) is 9.54. The maximum Gasteiger partial charge on any atom is 0.302 e. The number of ether oxygens (including phenoxy) is 1. The lowest BCUT2D eigenvalue weighted by atomic mass is 10.1. The summed E-state index contributed by atoms with van der Waals surface area (Å²) >= 11 is 0. The minimum Gasteiger partial charge on any atom is -0.462 e. The van der Waals surface area contributed by atoms with Crippen molar-refractivity contribution in [3.63, 3.8) is 0 Å². The lowest BCUT2D eigenvalue weighted by Gasteiger charge is -2.10. The maximum atomic E-state index is 11.6. The first-order valence-electron chi connectivity index (χ1n) is 5.31. The van der Waals surface area contributed by atoms with E-state index in [0.717, 1.165) is 5.56 Å². The van der Waals surface area contributed by atoms with Gasteiger partial charge in [-0.25, -0.2) is 0 Å². The first-order valence-corrected chi connectivity index (χ1v) is 5.31. The second kappa shape index (κ2) is 6.05. The monoisotopic (exact) mass is 220 g/mol. The van der Waals surface area contributed by atoms with Crippen molar-refractivity contribution in [2.45, 2.75) is 32.8 Å². The third kappa shape index (κ3) is 4.73. The van der Waals surface area contributed by atoms with Gasteiger partial charge in [0.1, 0.15) is 11.9 Å². The number of benzene rings is 1. The highest BCUT2D eigenvalue weighted by molar-refractivity contribution is 5.81. The zero-order valence-electron chi connectivity index (χ0n) is 9.60. The van der Waals surface area contributed by atoms with Gasteiger partial charge >= 0.3 is 5.97 Å². The van der Waals surface area contributed by atoms with Crippen molar-refractivity contribution in [1.82, 2.24) is 0 Å². The van der Waals surface area contributed by atoms with Crippen molar-refractivity contribution >= 4 is 11.8 Å². The van der Waals surface area contributed by atoms with Crippen LogP contribution in [-0.4, -0.2) is 17.9 Å². The average Bonchev–Trinajstić information content (AvgIpc) is 2.17. The molecular formula is C13H16O3. The molecule has 0 bridgehead atoms. The van der Waals surface area contributed by atoms with E-state index in [2.05, 4.69) is 0 Å². The molecule has 86 valence electrons. The Morgan fingerprint density at radius 3 is 2.44 bits per heavy atom. The molecule has 1 atom stereocenters. The quantitative estimate of drug-likeness (QED) is 0.714. The zero-order chi connectivity index (χ0) is 12.0. The van der Waals surface area contributed by atoms with E-state index >= 15 is 0 Å². The van der Waals surface area contributed by atoms with Gasteiger partial charge in [0.2, 0.25) is 0 Å². The molecule has 0 aromatic heterocycles. The van der Waals surface area contributed by atoms with Gasteiger partial charge in [-0.1, -0.05) is 30.3 Å². The van der Waals surface area contributed by atoms with E-state index in [9.17, 15) is 9.59 Å². The van der Waals surface area contributed by atoms with Crippen LogP contribution in [0.15, 0.2) is 30.3 Å². The van der Waals surface area contributed by atoms with Crippen LogP contribution < -0.4 is 0 Å². The molecule has 1 rings (SSSR count). The van der Waals surface area contributed by atoms with E-state index in [-0.39, 0.29) is 24.3 Å². The molecule has 0 saturated heterocycles. The largest absolute Gasteiger partial charge is 0.462 e. The number of ketones is 1. The second-order valence-corrected chi connectivity index (χ2v) is 3.83. The molecule has 0 saturated carbocycles. The van der Waals surface area contributed by atoms with Crippen LogP contribution in [0.2, 0.25) is 0 Å². The zero-order valence-corrected chi connectivity index (χ0v) is 9.60. The summed E-state index contributed by atoms with van der Waals surface area (Å²) in [4.78, 5) is 22.3. The van der Waals surface area contributed by atoms with Gasteiger partial charge in [0.05, 0.1) is 0 Å². The molecule has 1 aromatic carbocycles. The van der Waals surface area contributed by atoms with E-state index in [4.69, 9.17) is 4.74 Å². The maximum absolute atomic E-state index is 11.6. The standard InChI is InChI=1S/C13H16O3/c1-10(16-11(2)14)8-13(15)9-12-6-4-3-5-7-12/h3-7,10H,8-9H2,1-2H3. The Kier molecular flexibility index (Phi) is 4.70. The molecule has 0 N–H and O–H groups in total. The molecule has 0 aliphatic rings. The van der Waals surface area contributed by atoms with Crippen molar-refractivity contribution in [2.75, 3.05) is 0 Å². The number of carbonyl (C=O) groups excluding carboxylic acids is 2. The number of carbonyl (C=O) groups is 2. The Labute approximate surface area is 95.4 Å². The number of hydrogen-bond donors (Lipinski definition) is 0. The molecule has 0 radical (unpaired) electrons. The molecule has 0 amide bonds. The van der Waals surface area contributed by atoms with Gasteiger partial charge in [-0.05, 0) is 12.5 Å². The summed E-state index contributed by atoms with van der Waals surface area (Å²) in [5.74, 6) is -0.264. The Morgan fingerprint density at radius 2 is 1.88 bits per heavy atom. The summed E-state index contributed by atoms with van der Waals surface area (Å²) in [5.41, 5.74) is 0.988. The molecule has 3 heteroatoms. The van der Waals surface area contributed by atoms with Crippen LogP contribution in [-0.2, 0) is 20.7 Å².